The fourth-order valence-corrected chi connectivity index (χ4v) is 8.25. The van der Waals surface area contributed by atoms with Crippen molar-refractivity contribution in [3.63, 3.8) is 0 Å². The maximum atomic E-state index is 17.1. The summed E-state index contributed by atoms with van der Waals surface area (Å²) in [5.74, 6) is -2.42. The number of hydrogen-bond acceptors (Lipinski definition) is 5. The molecule has 0 spiro atoms. The molecule has 0 bridgehead atoms. The fraction of sp³-hybridized carbons (Fsp3) is 0.815. The van der Waals surface area contributed by atoms with Gasteiger partial charge in [-0.05, 0) is 61.0 Å². The quantitative estimate of drug-likeness (QED) is 0.558. The van der Waals surface area contributed by atoms with Crippen LogP contribution in [-0.2, 0) is 19.1 Å². The SMILES string of the molecule is CCCCC(=O)OCC(=O)[C@H]1[C@H](C)CC2[C@@H]3C[C@H](F)C4=CC(=O)CC[C@]4(C)[C@@]3(F)[C@@H](O)C[C@@]21C. The van der Waals surface area contributed by atoms with Crippen LogP contribution in [0.1, 0.15) is 79.1 Å². The third-order valence-electron chi connectivity index (χ3n) is 9.82. The molecular weight excluding hydrogens is 442 g/mol. The van der Waals surface area contributed by atoms with E-state index in [-0.39, 0.29) is 67.7 Å². The predicted molar refractivity (Wildman–Crippen MR) is 122 cm³/mol. The van der Waals surface area contributed by atoms with Gasteiger partial charge >= 0.3 is 5.97 Å². The number of aliphatic hydroxyl groups is 1. The number of carbonyl (C=O) groups is 3. The second-order valence-corrected chi connectivity index (χ2v) is 11.7. The summed E-state index contributed by atoms with van der Waals surface area (Å²) in [6, 6.07) is 0. The van der Waals surface area contributed by atoms with Crippen LogP contribution in [0.25, 0.3) is 0 Å². The molecule has 0 saturated heterocycles. The van der Waals surface area contributed by atoms with Crippen LogP contribution < -0.4 is 0 Å². The van der Waals surface area contributed by atoms with Gasteiger partial charge in [-0.2, -0.15) is 0 Å². The molecule has 0 aromatic carbocycles. The maximum Gasteiger partial charge on any atom is 0.306 e. The normalized spacial score (nSPS) is 45.6. The average molecular weight is 481 g/mol. The summed E-state index contributed by atoms with van der Waals surface area (Å²) >= 11 is 0. The van der Waals surface area contributed by atoms with Crippen LogP contribution in [0.5, 0.6) is 0 Å². The number of unbranched alkanes of at least 4 members (excludes halogenated alkanes) is 1. The summed E-state index contributed by atoms with van der Waals surface area (Å²) in [6.45, 7) is 7.17. The monoisotopic (exact) mass is 480 g/mol. The molecule has 0 aromatic heterocycles. The Kier molecular flexibility index (Phi) is 6.58. The third-order valence-corrected chi connectivity index (χ3v) is 9.82. The first kappa shape index (κ1) is 25.5. The zero-order valence-corrected chi connectivity index (χ0v) is 20.7. The first-order chi connectivity index (χ1) is 15.9. The smallest absolute Gasteiger partial charge is 0.306 e. The number of carbonyl (C=O) groups excluding carboxylic acids is 3. The minimum Gasteiger partial charge on any atom is -0.458 e. The van der Waals surface area contributed by atoms with E-state index in [0.29, 0.717) is 12.8 Å². The Bertz CT molecular complexity index is 901. The number of esters is 1. The Morgan fingerprint density at radius 3 is 2.62 bits per heavy atom. The minimum atomic E-state index is -2.06. The Morgan fingerprint density at radius 1 is 1.24 bits per heavy atom. The second kappa shape index (κ2) is 8.79. The summed E-state index contributed by atoms with van der Waals surface area (Å²) in [5.41, 5.74) is -3.84. The summed E-state index contributed by atoms with van der Waals surface area (Å²) in [4.78, 5) is 37.2. The van der Waals surface area contributed by atoms with E-state index in [9.17, 15) is 19.5 Å². The van der Waals surface area contributed by atoms with Crippen LogP contribution in [0.15, 0.2) is 11.6 Å². The van der Waals surface area contributed by atoms with Crippen molar-refractivity contribution in [3.8, 4) is 0 Å². The molecule has 7 heteroatoms. The highest BCUT2D eigenvalue weighted by molar-refractivity contribution is 5.92. The van der Waals surface area contributed by atoms with E-state index in [1.54, 1.807) is 6.92 Å². The number of rotatable bonds is 6. The number of allylic oxidation sites excluding steroid dienone is 1. The second-order valence-electron chi connectivity index (χ2n) is 11.7. The molecule has 0 aromatic rings. The van der Waals surface area contributed by atoms with Gasteiger partial charge in [-0.3, -0.25) is 14.4 Å². The van der Waals surface area contributed by atoms with Gasteiger partial charge in [0, 0.05) is 30.1 Å². The summed E-state index contributed by atoms with van der Waals surface area (Å²) in [5, 5.41) is 11.3. The van der Waals surface area contributed by atoms with Gasteiger partial charge in [-0.1, -0.05) is 34.1 Å². The molecule has 9 atom stereocenters. The standard InChI is InChI=1S/C27H38F2O5/c1-5-6-7-23(33)34-14-21(31)24-15(2)10-17-18-12-20(28)19-11-16(30)8-9-26(19,4)27(18,29)22(32)13-25(17,24)3/h11,15,17-18,20,22,24,32H,5-10,12-14H2,1-4H3/t15-,17?,18+,20+,22+,24-,25+,26+,27+/m1/s1. The van der Waals surface area contributed by atoms with Crippen LogP contribution in [0, 0.1) is 34.5 Å². The predicted octanol–water partition coefficient (Wildman–Crippen LogP) is 4.69. The molecule has 4 aliphatic rings. The van der Waals surface area contributed by atoms with Gasteiger partial charge in [0.05, 0.1) is 6.10 Å². The topological polar surface area (TPSA) is 80.7 Å². The number of aliphatic hydroxyl groups excluding tert-OH is 1. The molecule has 1 unspecified atom stereocenters. The van der Waals surface area contributed by atoms with Crippen molar-refractivity contribution in [3.05, 3.63) is 11.6 Å². The van der Waals surface area contributed by atoms with E-state index < -0.39 is 46.6 Å². The van der Waals surface area contributed by atoms with Crippen LogP contribution in [-0.4, -0.2) is 47.2 Å². The molecule has 4 aliphatic carbocycles. The van der Waals surface area contributed by atoms with Crippen molar-refractivity contribution in [2.75, 3.05) is 6.61 Å². The zero-order chi connectivity index (χ0) is 25.1. The van der Waals surface area contributed by atoms with Gasteiger partial charge in [-0.25, -0.2) is 8.78 Å². The molecule has 3 saturated carbocycles. The number of halogens is 2. The van der Waals surface area contributed by atoms with Gasteiger partial charge in [0.2, 0.25) is 0 Å². The highest BCUT2D eigenvalue weighted by atomic mass is 19.1. The van der Waals surface area contributed by atoms with Crippen molar-refractivity contribution in [2.45, 2.75) is 97.0 Å². The molecule has 0 heterocycles. The Labute approximate surface area is 200 Å². The summed E-state index contributed by atoms with van der Waals surface area (Å²) < 4.78 is 37.8. The van der Waals surface area contributed by atoms with Crippen LogP contribution in [0.3, 0.4) is 0 Å². The first-order valence-corrected chi connectivity index (χ1v) is 12.8. The van der Waals surface area contributed by atoms with Crippen molar-refractivity contribution in [2.24, 2.45) is 34.5 Å². The molecule has 0 radical (unpaired) electrons. The summed E-state index contributed by atoms with van der Waals surface area (Å²) in [7, 11) is 0. The largest absolute Gasteiger partial charge is 0.458 e. The van der Waals surface area contributed by atoms with E-state index in [4.69, 9.17) is 4.74 Å². The van der Waals surface area contributed by atoms with E-state index in [1.807, 2.05) is 20.8 Å². The maximum absolute atomic E-state index is 17.1. The van der Waals surface area contributed by atoms with Gasteiger partial charge in [0.25, 0.3) is 0 Å². The van der Waals surface area contributed by atoms with Crippen molar-refractivity contribution in [1.82, 2.24) is 0 Å². The van der Waals surface area contributed by atoms with E-state index in [1.165, 1.54) is 6.08 Å². The number of fused-ring (bicyclic) bond motifs is 5. The molecule has 3 fully saturated rings. The van der Waals surface area contributed by atoms with Crippen LogP contribution in [0.2, 0.25) is 0 Å². The van der Waals surface area contributed by atoms with Crippen molar-refractivity contribution in [1.29, 1.82) is 0 Å². The fourth-order valence-electron chi connectivity index (χ4n) is 8.25. The molecule has 190 valence electrons. The zero-order valence-electron chi connectivity index (χ0n) is 20.7. The molecule has 0 aliphatic heterocycles. The number of hydrogen-bond donors (Lipinski definition) is 1. The number of ether oxygens (including phenoxy) is 1. The minimum absolute atomic E-state index is 0.0863. The van der Waals surface area contributed by atoms with Gasteiger partial charge in [0.1, 0.15) is 18.4 Å². The van der Waals surface area contributed by atoms with Gasteiger partial charge in [-0.15, -0.1) is 0 Å². The first-order valence-electron chi connectivity index (χ1n) is 12.8. The lowest BCUT2D eigenvalue weighted by atomic mass is 9.44. The van der Waals surface area contributed by atoms with E-state index >= 15 is 8.78 Å². The lowest BCUT2D eigenvalue weighted by Gasteiger charge is -2.63. The van der Waals surface area contributed by atoms with E-state index in [0.717, 1.165) is 6.42 Å². The average Bonchev–Trinajstić information content (AvgIpc) is 3.03. The molecular formula is C27H38F2O5. The number of alkyl halides is 2. The van der Waals surface area contributed by atoms with Gasteiger partial charge < -0.3 is 9.84 Å². The number of ketones is 2. The lowest BCUT2D eigenvalue weighted by Crippen LogP contribution is -2.69. The Hall–Kier alpha value is -1.63. The highest BCUT2D eigenvalue weighted by Crippen LogP contribution is 2.70. The van der Waals surface area contributed by atoms with E-state index in [2.05, 4.69) is 0 Å². The molecule has 34 heavy (non-hydrogen) atoms. The van der Waals surface area contributed by atoms with Gasteiger partial charge in [0.15, 0.2) is 11.6 Å². The molecule has 5 nitrogen and oxygen atoms in total. The molecule has 1 N–H and O–H groups in total. The third kappa shape index (κ3) is 3.59. The van der Waals surface area contributed by atoms with Crippen molar-refractivity contribution >= 4 is 17.5 Å². The Morgan fingerprint density at radius 2 is 1.94 bits per heavy atom. The lowest BCUT2D eigenvalue weighted by molar-refractivity contribution is -0.215. The van der Waals surface area contributed by atoms with Crippen LogP contribution >= 0.6 is 0 Å². The molecule has 4 rings (SSSR count). The Balaban J connectivity index is 1.62. The molecule has 0 amide bonds. The number of Topliss-reactive ketones (excluding diaryl/α,β-unsaturated/α-hetero) is 1. The summed E-state index contributed by atoms with van der Waals surface area (Å²) in [6.07, 6.45) is 1.13. The van der Waals surface area contributed by atoms with Crippen LogP contribution in [0.4, 0.5) is 8.78 Å². The highest BCUT2D eigenvalue weighted by Gasteiger charge is 2.73. The van der Waals surface area contributed by atoms with Crippen molar-refractivity contribution < 1.29 is 33.0 Å².